The van der Waals surface area contributed by atoms with Crippen molar-refractivity contribution in [2.45, 2.75) is 13.5 Å². The highest BCUT2D eigenvalue weighted by Crippen LogP contribution is 2.25. The molecule has 2 rings (SSSR count). The lowest BCUT2D eigenvalue weighted by molar-refractivity contribution is 0.713. The molecule has 3 nitrogen and oxygen atoms in total. The average Bonchev–Trinajstić information content (AvgIpc) is 2.44. The second-order valence-electron chi connectivity index (χ2n) is 4.49. The summed E-state index contributed by atoms with van der Waals surface area (Å²) in [6, 6.07) is 10.3. The second-order valence-corrected chi connectivity index (χ2v) is 4.49. The fourth-order valence-electron chi connectivity index (χ4n) is 2.09. The van der Waals surface area contributed by atoms with Crippen LogP contribution in [0.1, 0.15) is 12.6 Å². The molecule has 19 heavy (non-hydrogen) atoms. The molecule has 98 valence electrons. The number of benzene rings is 1. The zero-order valence-electron chi connectivity index (χ0n) is 11.5. The molecule has 0 radical (unpaired) electrons. The Bertz CT molecular complexity index is 598. The van der Waals surface area contributed by atoms with E-state index in [0.717, 1.165) is 35.4 Å². The lowest BCUT2D eigenvalue weighted by atomic mass is 10.1. The van der Waals surface area contributed by atoms with Crippen molar-refractivity contribution in [2.24, 2.45) is 0 Å². The number of hydrogen-bond donors (Lipinski definition) is 1. The zero-order valence-corrected chi connectivity index (χ0v) is 11.5. The monoisotopic (exact) mass is 253 g/mol. The Morgan fingerprint density at radius 2 is 2.16 bits per heavy atom. The summed E-state index contributed by atoms with van der Waals surface area (Å²) >= 11 is 0. The van der Waals surface area contributed by atoms with Gasteiger partial charge >= 0.3 is 0 Å². The standard InChI is InChI=1S/C16H19N3/c1-4-10-19(3)16-11-13(12-17-5-2)18-15-9-7-6-8-14(15)16/h1,6-9,11,17H,5,10,12H2,2-3H3. The Hall–Kier alpha value is -2.05. The fraction of sp³-hybridized carbons (Fsp3) is 0.312. The highest BCUT2D eigenvalue weighted by molar-refractivity contribution is 5.91. The van der Waals surface area contributed by atoms with Gasteiger partial charge in [-0.25, -0.2) is 0 Å². The summed E-state index contributed by atoms with van der Waals surface area (Å²) in [5.41, 5.74) is 3.19. The molecule has 3 heteroatoms. The third-order valence-corrected chi connectivity index (χ3v) is 3.04. The number of aromatic nitrogens is 1. The summed E-state index contributed by atoms with van der Waals surface area (Å²) in [6.07, 6.45) is 5.41. The number of rotatable bonds is 5. The molecule has 0 aliphatic carbocycles. The van der Waals surface area contributed by atoms with Gasteiger partial charge < -0.3 is 10.2 Å². The highest BCUT2D eigenvalue weighted by Gasteiger charge is 2.08. The van der Waals surface area contributed by atoms with E-state index in [1.807, 2.05) is 25.2 Å². The Balaban J connectivity index is 2.48. The Morgan fingerprint density at radius 3 is 2.89 bits per heavy atom. The molecule has 0 amide bonds. The molecular formula is C16H19N3. The number of nitrogens with zero attached hydrogens (tertiary/aromatic N) is 2. The van der Waals surface area contributed by atoms with Gasteiger partial charge in [-0.2, -0.15) is 0 Å². The number of anilines is 1. The Kier molecular flexibility index (Phi) is 4.38. The van der Waals surface area contributed by atoms with Gasteiger partial charge in [0.25, 0.3) is 0 Å². The van der Waals surface area contributed by atoms with E-state index in [1.54, 1.807) is 0 Å². The highest BCUT2D eigenvalue weighted by atomic mass is 15.1. The quantitative estimate of drug-likeness (QED) is 0.829. The number of hydrogen-bond acceptors (Lipinski definition) is 3. The van der Waals surface area contributed by atoms with E-state index in [2.05, 4.69) is 40.2 Å². The van der Waals surface area contributed by atoms with Crippen LogP contribution < -0.4 is 10.2 Å². The lowest BCUT2D eigenvalue weighted by Crippen LogP contribution is -2.19. The maximum absolute atomic E-state index is 5.41. The maximum Gasteiger partial charge on any atom is 0.0788 e. The van der Waals surface area contributed by atoms with E-state index >= 15 is 0 Å². The molecule has 0 aliphatic heterocycles. The molecule has 0 atom stereocenters. The number of nitrogens with one attached hydrogen (secondary N) is 1. The zero-order chi connectivity index (χ0) is 13.7. The topological polar surface area (TPSA) is 28.2 Å². The summed E-state index contributed by atoms with van der Waals surface area (Å²) in [7, 11) is 2.01. The van der Waals surface area contributed by atoms with Crippen molar-refractivity contribution in [1.29, 1.82) is 0 Å². The van der Waals surface area contributed by atoms with Crippen molar-refractivity contribution >= 4 is 16.6 Å². The first-order valence-electron chi connectivity index (χ1n) is 6.50. The minimum Gasteiger partial charge on any atom is -0.363 e. The van der Waals surface area contributed by atoms with Gasteiger partial charge in [-0.1, -0.05) is 31.0 Å². The summed E-state index contributed by atoms with van der Waals surface area (Å²) in [5, 5.41) is 4.45. The summed E-state index contributed by atoms with van der Waals surface area (Å²) in [4.78, 5) is 6.76. The predicted octanol–water partition coefficient (Wildman–Crippen LogP) is 2.41. The SMILES string of the molecule is C#CCN(C)c1cc(CNCC)nc2ccccc12. The Labute approximate surface area is 114 Å². The predicted molar refractivity (Wildman–Crippen MR) is 81.2 cm³/mol. The lowest BCUT2D eigenvalue weighted by Gasteiger charge is -2.19. The third-order valence-electron chi connectivity index (χ3n) is 3.04. The van der Waals surface area contributed by atoms with Crippen LogP contribution in [0, 0.1) is 12.3 Å². The van der Waals surface area contributed by atoms with Gasteiger partial charge in [0, 0.05) is 24.7 Å². The van der Waals surface area contributed by atoms with Gasteiger partial charge in [0.05, 0.1) is 17.8 Å². The molecule has 0 saturated carbocycles. The van der Waals surface area contributed by atoms with Gasteiger partial charge in [0.15, 0.2) is 0 Å². The van der Waals surface area contributed by atoms with Crippen molar-refractivity contribution in [3.8, 4) is 12.3 Å². The van der Waals surface area contributed by atoms with Crippen LogP contribution in [0.15, 0.2) is 30.3 Å². The maximum atomic E-state index is 5.41. The van der Waals surface area contributed by atoms with Gasteiger partial charge in [-0.3, -0.25) is 4.98 Å². The average molecular weight is 253 g/mol. The van der Waals surface area contributed by atoms with Crippen molar-refractivity contribution in [2.75, 3.05) is 25.0 Å². The molecule has 0 spiro atoms. The molecule has 1 aromatic heterocycles. The minimum atomic E-state index is 0.592. The normalized spacial score (nSPS) is 10.4. The first kappa shape index (κ1) is 13.4. The van der Waals surface area contributed by atoms with Crippen LogP contribution in [0.2, 0.25) is 0 Å². The van der Waals surface area contributed by atoms with Crippen molar-refractivity contribution in [3.05, 3.63) is 36.0 Å². The van der Waals surface area contributed by atoms with E-state index in [0.29, 0.717) is 6.54 Å². The van der Waals surface area contributed by atoms with Crippen LogP contribution in [0.3, 0.4) is 0 Å². The minimum absolute atomic E-state index is 0.592. The molecule has 0 aliphatic rings. The van der Waals surface area contributed by atoms with Crippen LogP contribution in [0.5, 0.6) is 0 Å². The number of fused-ring (bicyclic) bond motifs is 1. The van der Waals surface area contributed by atoms with Crippen LogP contribution in [-0.4, -0.2) is 25.1 Å². The molecule has 0 saturated heterocycles. The largest absolute Gasteiger partial charge is 0.363 e. The van der Waals surface area contributed by atoms with Crippen molar-refractivity contribution in [1.82, 2.24) is 10.3 Å². The number of pyridine rings is 1. The van der Waals surface area contributed by atoms with Gasteiger partial charge in [-0.05, 0) is 18.7 Å². The molecule has 2 aromatic rings. The van der Waals surface area contributed by atoms with Crippen LogP contribution in [-0.2, 0) is 6.54 Å². The Morgan fingerprint density at radius 1 is 1.37 bits per heavy atom. The van der Waals surface area contributed by atoms with Crippen LogP contribution in [0.4, 0.5) is 5.69 Å². The van der Waals surface area contributed by atoms with E-state index in [9.17, 15) is 0 Å². The molecular weight excluding hydrogens is 234 g/mol. The van der Waals surface area contributed by atoms with E-state index in [1.165, 1.54) is 0 Å². The molecule has 0 bridgehead atoms. The first-order chi connectivity index (χ1) is 9.26. The van der Waals surface area contributed by atoms with E-state index < -0.39 is 0 Å². The second kappa shape index (κ2) is 6.21. The third kappa shape index (κ3) is 3.04. The van der Waals surface area contributed by atoms with Crippen LogP contribution >= 0.6 is 0 Å². The van der Waals surface area contributed by atoms with Gasteiger partial charge in [0.1, 0.15) is 0 Å². The summed E-state index contributed by atoms with van der Waals surface area (Å²) < 4.78 is 0. The molecule has 0 fully saturated rings. The van der Waals surface area contributed by atoms with Crippen LogP contribution in [0.25, 0.3) is 10.9 Å². The smallest absolute Gasteiger partial charge is 0.0788 e. The van der Waals surface area contributed by atoms with Gasteiger partial charge in [-0.15, -0.1) is 6.42 Å². The molecule has 1 N–H and O–H groups in total. The number of para-hydroxylation sites is 1. The van der Waals surface area contributed by atoms with Crippen molar-refractivity contribution in [3.63, 3.8) is 0 Å². The van der Waals surface area contributed by atoms with Crippen molar-refractivity contribution < 1.29 is 0 Å². The summed E-state index contributed by atoms with van der Waals surface area (Å²) in [5.74, 6) is 2.68. The molecule has 1 aromatic carbocycles. The summed E-state index contributed by atoms with van der Waals surface area (Å²) in [6.45, 7) is 4.39. The molecule has 0 unspecified atom stereocenters. The van der Waals surface area contributed by atoms with E-state index in [4.69, 9.17) is 6.42 Å². The van der Waals surface area contributed by atoms with Gasteiger partial charge in [0.2, 0.25) is 0 Å². The molecule has 1 heterocycles. The number of terminal acetylenes is 1. The fourth-order valence-corrected chi connectivity index (χ4v) is 2.09. The van der Waals surface area contributed by atoms with E-state index in [-0.39, 0.29) is 0 Å². The first-order valence-corrected chi connectivity index (χ1v) is 6.50.